The molecule has 0 bridgehead atoms. The molecule has 0 N–H and O–H groups in total. The molecule has 0 saturated heterocycles. The van der Waals surface area contributed by atoms with Crippen LogP contribution in [0.15, 0.2) is 54.6 Å². The predicted octanol–water partition coefficient (Wildman–Crippen LogP) is 9.40. The van der Waals surface area contributed by atoms with E-state index in [0.717, 1.165) is 50.9 Å². The number of allylic oxidation sites excluding steroid dienone is 4. The van der Waals surface area contributed by atoms with Crippen molar-refractivity contribution in [1.29, 1.82) is 0 Å². The van der Waals surface area contributed by atoms with Crippen LogP contribution in [-0.4, -0.2) is 43.9 Å². The van der Waals surface area contributed by atoms with E-state index in [1.165, 1.54) is 57.8 Å². The Balaban J connectivity index is 2.14. The van der Waals surface area contributed by atoms with Gasteiger partial charge < -0.3 is 19.1 Å². The maximum atomic E-state index is 12.2. The fourth-order valence-electron chi connectivity index (χ4n) is 4.19. The molecule has 216 valence electrons. The maximum absolute atomic E-state index is 12.2. The SMILES string of the molecule is CCCCC/C=C\C/C=C\CCCCCCCCOC(OC(=O)OCCCN(CC)CC)c1ccccc1. The van der Waals surface area contributed by atoms with Crippen molar-refractivity contribution in [1.82, 2.24) is 4.90 Å². The van der Waals surface area contributed by atoms with Crippen LogP contribution in [0.1, 0.15) is 116 Å². The highest BCUT2D eigenvalue weighted by Crippen LogP contribution is 2.20. The van der Waals surface area contributed by atoms with Crippen LogP contribution < -0.4 is 0 Å². The van der Waals surface area contributed by atoms with Gasteiger partial charge in [-0.15, -0.1) is 0 Å². The molecule has 0 aliphatic carbocycles. The van der Waals surface area contributed by atoms with Gasteiger partial charge in [-0.05, 0) is 58.0 Å². The molecule has 0 heterocycles. The molecule has 1 rings (SSSR count). The molecule has 0 fully saturated rings. The van der Waals surface area contributed by atoms with Crippen LogP contribution in [0.3, 0.4) is 0 Å². The first-order valence-corrected chi connectivity index (χ1v) is 15.2. The molecule has 5 heteroatoms. The average molecular weight is 530 g/mol. The third-order valence-electron chi connectivity index (χ3n) is 6.62. The highest BCUT2D eigenvalue weighted by molar-refractivity contribution is 5.60. The first-order valence-electron chi connectivity index (χ1n) is 15.2. The zero-order valence-corrected chi connectivity index (χ0v) is 24.6. The smallest absolute Gasteiger partial charge is 0.434 e. The molecular weight excluding hydrogens is 474 g/mol. The molecule has 5 nitrogen and oxygen atoms in total. The Morgan fingerprint density at radius 1 is 0.763 bits per heavy atom. The number of rotatable bonds is 24. The van der Waals surface area contributed by atoms with Gasteiger partial charge in [-0.1, -0.05) is 114 Å². The van der Waals surface area contributed by atoms with E-state index >= 15 is 0 Å². The summed E-state index contributed by atoms with van der Waals surface area (Å²) in [6, 6.07) is 9.61. The number of carbonyl (C=O) groups excluding carboxylic acids is 1. The summed E-state index contributed by atoms with van der Waals surface area (Å²) in [5, 5.41) is 0. The second-order valence-corrected chi connectivity index (χ2v) is 9.79. The number of hydrogen-bond donors (Lipinski definition) is 0. The summed E-state index contributed by atoms with van der Waals surface area (Å²) in [6.07, 6.45) is 23.1. The van der Waals surface area contributed by atoms with Gasteiger partial charge in [-0.2, -0.15) is 0 Å². The van der Waals surface area contributed by atoms with Crippen molar-refractivity contribution in [3.8, 4) is 0 Å². The van der Waals surface area contributed by atoms with E-state index in [-0.39, 0.29) is 0 Å². The molecule has 38 heavy (non-hydrogen) atoms. The highest BCUT2D eigenvalue weighted by atomic mass is 16.8. The molecule has 0 aliphatic rings. The molecule has 0 saturated carbocycles. The molecule has 1 aromatic rings. The third-order valence-corrected chi connectivity index (χ3v) is 6.62. The van der Waals surface area contributed by atoms with Gasteiger partial charge in [0.05, 0.1) is 13.2 Å². The predicted molar refractivity (Wildman–Crippen MR) is 159 cm³/mol. The van der Waals surface area contributed by atoms with Crippen molar-refractivity contribution in [3.05, 3.63) is 60.2 Å². The van der Waals surface area contributed by atoms with E-state index in [2.05, 4.69) is 50.0 Å². The Kier molecular flexibility index (Phi) is 22.5. The third kappa shape index (κ3) is 19.0. The summed E-state index contributed by atoms with van der Waals surface area (Å²) in [6.45, 7) is 10.3. The van der Waals surface area contributed by atoms with Gasteiger partial charge in [0.1, 0.15) is 0 Å². The number of hydrogen-bond acceptors (Lipinski definition) is 5. The largest absolute Gasteiger partial charge is 0.510 e. The van der Waals surface area contributed by atoms with Gasteiger partial charge in [0.15, 0.2) is 0 Å². The van der Waals surface area contributed by atoms with Crippen molar-refractivity contribution in [2.24, 2.45) is 0 Å². The Hall–Kier alpha value is -2.11. The molecule has 0 aliphatic heterocycles. The minimum absolute atomic E-state index is 0.350. The van der Waals surface area contributed by atoms with E-state index in [0.29, 0.717) is 13.2 Å². The normalized spacial score (nSPS) is 12.5. The minimum atomic E-state index is -0.732. The quantitative estimate of drug-likeness (QED) is 0.0578. The van der Waals surface area contributed by atoms with Gasteiger partial charge in [0.25, 0.3) is 0 Å². The molecule has 1 aromatic carbocycles. The number of nitrogens with zero attached hydrogens (tertiary/aromatic N) is 1. The first-order chi connectivity index (χ1) is 18.7. The van der Waals surface area contributed by atoms with E-state index in [9.17, 15) is 4.79 Å². The second kappa shape index (κ2) is 25.2. The molecule has 0 amide bonds. The number of unbranched alkanes of at least 4 members (excludes halogenated alkanes) is 9. The van der Waals surface area contributed by atoms with Gasteiger partial charge in [0.2, 0.25) is 6.29 Å². The second-order valence-electron chi connectivity index (χ2n) is 9.79. The molecule has 0 aromatic heterocycles. The zero-order valence-electron chi connectivity index (χ0n) is 24.6. The summed E-state index contributed by atoms with van der Waals surface area (Å²) in [7, 11) is 0. The fourth-order valence-corrected chi connectivity index (χ4v) is 4.19. The zero-order chi connectivity index (χ0) is 27.5. The van der Waals surface area contributed by atoms with Crippen molar-refractivity contribution in [3.63, 3.8) is 0 Å². The average Bonchev–Trinajstić information content (AvgIpc) is 2.94. The standard InChI is InChI=1S/C33H55NO4/c1-4-7-8-9-10-11-12-13-14-15-16-17-18-19-20-24-29-36-32(31-26-22-21-23-27-31)38-33(35)37-30-25-28-34(5-2)6-3/h10-11,13-14,21-23,26-27,32H,4-9,12,15-20,24-25,28-30H2,1-3H3/b11-10-,14-13-. The van der Waals surface area contributed by atoms with Crippen LogP contribution in [0.25, 0.3) is 0 Å². The molecule has 1 unspecified atom stereocenters. The van der Waals surface area contributed by atoms with E-state index < -0.39 is 12.4 Å². The molecule has 0 spiro atoms. The van der Waals surface area contributed by atoms with Crippen LogP contribution in [-0.2, 0) is 14.2 Å². The Bertz CT molecular complexity index is 715. The van der Waals surface area contributed by atoms with E-state index in [1.807, 2.05) is 30.3 Å². The van der Waals surface area contributed by atoms with Crippen molar-refractivity contribution >= 4 is 6.16 Å². The van der Waals surface area contributed by atoms with Crippen LogP contribution >= 0.6 is 0 Å². The Morgan fingerprint density at radius 2 is 1.39 bits per heavy atom. The van der Waals surface area contributed by atoms with E-state index in [4.69, 9.17) is 14.2 Å². The monoisotopic (exact) mass is 529 g/mol. The summed E-state index contributed by atoms with van der Waals surface area (Å²) in [5.41, 5.74) is 0.827. The first kappa shape index (κ1) is 33.9. The summed E-state index contributed by atoms with van der Waals surface area (Å²) < 4.78 is 16.8. The number of ether oxygens (including phenoxy) is 3. The van der Waals surface area contributed by atoms with Crippen molar-refractivity contribution < 1.29 is 19.0 Å². The topological polar surface area (TPSA) is 48.0 Å². The van der Waals surface area contributed by atoms with Crippen LogP contribution in [0.5, 0.6) is 0 Å². The minimum Gasteiger partial charge on any atom is -0.434 e. The molecule has 0 radical (unpaired) electrons. The summed E-state index contributed by atoms with van der Waals surface area (Å²) in [4.78, 5) is 14.5. The van der Waals surface area contributed by atoms with Gasteiger partial charge in [-0.25, -0.2) is 4.79 Å². The fraction of sp³-hybridized carbons (Fsp3) is 0.667. The number of carbonyl (C=O) groups is 1. The highest BCUT2D eigenvalue weighted by Gasteiger charge is 2.18. The molecule has 1 atom stereocenters. The lowest BCUT2D eigenvalue weighted by atomic mass is 10.1. The van der Waals surface area contributed by atoms with Gasteiger partial charge >= 0.3 is 6.16 Å². The van der Waals surface area contributed by atoms with Crippen molar-refractivity contribution in [2.45, 2.75) is 111 Å². The van der Waals surface area contributed by atoms with Crippen LogP contribution in [0, 0.1) is 0 Å². The van der Waals surface area contributed by atoms with Crippen LogP contribution in [0.2, 0.25) is 0 Å². The van der Waals surface area contributed by atoms with Crippen LogP contribution in [0.4, 0.5) is 4.79 Å². The van der Waals surface area contributed by atoms with Crippen molar-refractivity contribution in [2.75, 3.05) is 32.8 Å². The lowest BCUT2D eigenvalue weighted by Gasteiger charge is -2.19. The molecular formula is C33H55NO4. The summed E-state index contributed by atoms with van der Waals surface area (Å²) in [5.74, 6) is 0. The lowest BCUT2D eigenvalue weighted by molar-refractivity contribution is -0.127. The number of benzene rings is 1. The van der Waals surface area contributed by atoms with E-state index in [1.54, 1.807) is 0 Å². The lowest BCUT2D eigenvalue weighted by Crippen LogP contribution is -2.25. The Labute approximate surface area is 233 Å². The Morgan fingerprint density at radius 3 is 2.05 bits per heavy atom. The van der Waals surface area contributed by atoms with Gasteiger partial charge in [0, 0.05) is 12.1 Å². The van der Waals surface area contributed by atoms with Gasteiger partial charge in [-0.3, -0.25) is 0 Å². The summed E-state index contributed by atoms with van der Waals surface area (Å²) >= 11 is 0. The maximum Gasteiger partial charge on any atom is 0.510 e.